The summed E-state index contributed by atoms with van der Waals surface area (Å²) in [6.45, 7) is 11.1. The summed E-state index contributed by atoms with van der Waals surface area (Å²) in [5.74, 6) is 0.772. The Hall–Kier alpha value is -2.45. The number of methoxy groups -OCH3 is 1. The van der Waals surface area contributed by atoms with Crippen molar-refractivity contribution >= 4 is 23.9 Å². The molecule has 0 N–H and O–H groups in total. The molecular weight excluding hydrogens is 383 g/mol. The van der Waals surface area contributed by atoms with Gasteiger partial charge in [0.25, 0.3) is 0 Å². The lowest BCUT2D eigenvalue weighted by Crippen LogP contribution is -2.22. The highest BCUT2D eigenvalue weighted by Crippen LogP contribution is 2.53. The van der Waals surface area contributed by atoms with Gasteiger partial charge in [0.15, 0.2) is 0 Å². The van der Waals surface area contributed by atoms with Crippen LogP contribution in [0.2, 0.25) is 0 Å². The quantitative estimate of drug-likeness (QED) is 0.367. The number of esters is 1. The summed E-state index contributed by atoms with van der Waals surface area (Å²) in [5.41, 5.74) is 2.13. The molecule has 5 heteroatoms. The van der Waals surface area contributed by atoms with E-state index in [1.807, 2.05) is 53.7 Å². The molecule has 0 spiro atoms. The number of aryl methyl sites for hydroxylation is 3. The van der Waals surface area contributed by atoms with Crippen molar-refractivity contribution in [3.8, 4) is 0 Å². The summed E-state index contributed by atoms with van der Waals surface area (Å²) in [4.78, 5) is 26.2. The zero-order valence-corrected chi connectivity index (χ0v) is 19.1. The van der Waals surface area contributed by atoms with Crippen LogP contribution in [0.5, 0.6) is 0 Å². The third-order valence-corrected chi connectivity index (χ3v) is 7.37. The highest BCUT2D eigenvalue weighted by atomic mass is 31.2. The number of ether oxygens (including phenoxy) is 1. The monoisotopic (exact) mass is 412 g/mol. The van der Waals surface area contributed by atoms with Crippen molar-refractivity contribution < 1.29 is 18.9 Å². The van der Waals surface area contributed by atoms with E-state index in [9.17, 15) is 14.2 Å². The number of carbonyl (C=O) groups is 2. The Balaban J connectivity index is 2.84. The molecule has 0 saturated heterocycles. The van der Waals surface area contributed by atoms with Gasteiger partial charge < -0.3 is 9.30 Å². The zero-order chi connectivity index (χ0) is 22.0. The van der Waals surface area contributed by atoms with Crippen LogP contribution in [0.15, 0.2) is 53.9 Å². The molecule has 0 heterocycles. The summed E-state index contributed by atoms with van der Waals surface area (Å²) < 4.78 is 19.3. The molecule has 1 atom stereocenters. The average molecular weight is 412 g/mol. The van der Waals surface area contributed by atoms with E-state index in [0.29, 0.717) is 10.9 Å². The van der Waals surface area contributed by atoms with Gasteiger partial charge in [0.05, 0.1) is 7.11 Å². The first-order chi connectivity index (χ1) is 13.4. The first-order valence-corrected chi connectivity index (χ1v) is 11.3. The molecule has 2 aromatic carbocycles. The minimum Gasteiger partial charge on any atom is -0.466 e. The van der Waals surface area contributed by atoms with Crippen LogP contribution in [0.3, 0.4) is 0 Å². The number of hydrogen-bond acceptors (Lipinski definition) is 4. The van der Waals surface area contributed by atoms with Crippen molar-refractivity contribution in [1.82, 2.24) is 0 Å². The van der Waals surface area contributed by atoms with Gasteiger partial charge in [-0.15, -0.1) is 0 Å². The molecule has 0 fully saturated rings. The van der Waals surface area contributed by atoms with Gasteiger partial charge in [0.2, 0.25) is 12.7 Å². The topological polar surface area (TPSA) is 60.4 Å². The van der Waals surface area contributed by atoms with Crippen LogP contribution in [-0.2, 0) is 14.1 Å². The van der Waals surface area contributed by atoms with E-state index in [1.54, 1.807) is 30.3 Å². The van der Waals surface area contributed by atoms with E-state index in [0.717, 1.165) is 16.7 Å². The molecule has 0 aliphatic heterocycles. The van der Waals surface area contributed by atoms with E-state index in [-0.39, 0.29) is 5.57 Å². The molecule has 0 radical (unpaired) electrons. The van der Waals surface area contributed by atoms with Crippen LogP contribution in [-0.4, -0.2) is 18.6 Å². The minimum absolute atomic E-state index is 0.225. The molecule has 0 aliphatic carbocycles. The van der Waals surface area contributed by atoms with Gasteiger partial charge >= 0.3 is 5.97 Å². The maximum Gasteiger partial charge on any atom is 0.334 e. The predicted molar refractivity (Wildman–Crippen MR) is 118 cm³/mol. The van der Waals surface area contributed by atoms with Gasteiger partial charge in [-0.05, 0) is 43.1 Å². The van der Waals surface area contributed by atoms with Gasteiger partial charge in [-0.25, -0.2) is 4.79 Å². The summed E-state index contributed by atoms with van der Waals surface area (Å²) in [7, 11) is -2.49. The minimum atomic E-state index is -3.78. The maximum absolute atomic E-state index is 14.3. The second-order valence-electron chi connectivity index (χ2n) is 8.36. The lowest BCUT2D eigenvalue weighted by atomic mass is 9.88. The molecular formula is C24H29O4P. The molecule has 0 saturated carbocycles. The summed E-state index contributed by atoms with van der Waals surface area (Å²) in [6.07, 6.45) is 0. The lowest BCUT2D eigenvalue weighted by Gasteiger charge is -2.24. The van der Waals surface area contributed by atoms with Crippen LogP contribution >= 0.6 is 7.14 Å². The Bertz CT molecular complexity index is 988. The van der Waals surface area contributed by atoms with Crippen molar-refractivity contribution in [1.29, 1.82) is 0 Å². The third-order valence-electron chi connectivity index (χ3n) is 4.86. The maximum atomic E-state index is 14.3. The smallest absolute Gasteiger partial charge is 0.334 e. The molecule has 29 heavy (non-hydrogen) atoms. The number of carbonyl (C=O) groups excluding carboxylic acids is 2. The molecule has 1 unspecified atom stereocenters. The summed E-state index contributed by atoms with van der Waals surface area (Å²) in [6, 6.07) is 12.4. The van der Waals surface area contributed by atoms with E-state index in [1.165, 1.54) is 12.9 Å². The fourth-order valence-electron chi connectivity index (χ4n) is 3.43. The van der Waals surface area contributed by atoms with Crippen molar-refractivity contribution in [2.45, 2.75) is 41.5 Å². The third kappa shape index (κ3) is 4.76. The molecule has 154 valence electrons. The molecule has 0 amide bonds. The lowest BCUT2D eigenvalue weighted by molar-refractivity contribution is -0.137. The second kappa shape index (κ2) is 8.51. The zero-order valence-electron chi connectivity index (χ0n) is 18.2. The van der Waals surface area contributed by atoms with Crippen LogP contribution in [0.25, 0.3) is 0 Å². The van der Waals surface area contributed by atoms with Crippen LogP contribution in [0.4, 0.5) is 0 Å². The number of rotatable bonds is 5. The first-order valence-electron chi connectivity index (χ1n) is 9.51. The van der Waals surface area contributed by atoms with Gasteiger partial charge in [-0.3, -0.25) is 4.79 Å². The number of benzene rings is 2. The van der Waals surface area contributed by atoms with Gasteiger partial charge in [-0.1, -0.05) is 68.8 Å². The second-order valence-corrected chi connectivity index (χ2v) is 10.9. The van der Waals surface area contributed by atoms with E-state index in [2.05, 4.69) is 0 Å². The van der Waals surface area contributed by atoms with Gasteiger partial charge in [-0.2, -0.15) is 0 Å². The normalized spacial score (nSPS) is 14.2. The van der Waals surface area contributed by atoms with E-state index < -0.39 is 24.1 Å². The van der Waals surface area contributed by atoms with E-state index in [4.69, 9.17) is 4.74 Å². The number of hydrogen-bond donors (Lipinski definition) is 0. The molecule has 0 aliphatic rings. The summed E-state index contributed by atoms with van der Waals surface area (Å²) in [5, 5.41) is 0.398. The van der Waals surface area contributed by atoms with Gasteiger partial charge in [0.1, 0.15) is 0 Å². The highest BCUT2D eigenvalue weighted by Gasteiger charge is 2.38. The Kier molecular flexibility index (Phi) is 6.70. The molecule has 2 aromatic rings. The largest absolute Gasteiger partial charge is 0.466 e. The first kappa shape index (κ1) is 22.8. The molecule has 0 aromatic heterocycles. The Morgan fingerprint density at radius 1 is 0.966 bits per heavy atom. The molecule has 2 rings (SSSR count). The van der Waals surface area contributed by atoms with E-state index >= 15 is 0 Å². The Morgan fingerprint density at radius 2 is 1.48 bits per heavy atom. The summed E-state index contributed by atoms with van der Waals surface area (Å²) >= 11 is 0. The molecule has 4 nitrogen and oxygen atoms in total. The SMILES string of the molecule is COC(=O)/C(=C\P(=O)(C(=O)c1c(C)cc(C)cc1C)c1ccccc1)C(C)(C)C. The van der Waals surface area contributed by atoms with Crippen LogP contribution in [0, 0.1) is 26.2 Å². The fourth-order valence-corrected chi connectivity index (χ4v) is 6.08. The molecule has 0 bridgehead atoms. The predicted octanol–water partition coefficient (Wildman–Crippen LogP) is 5.54. The standard InChI is InChI=1S/C24H29O4P/c1-16-13-17(2)21(18(3)14-16)23(26)29(27,19-11-9-8-10-12-19)15-20(22(25)28-7)24(4,5)6/h8-15H,1-7H3/b20-15+. The Morgan fingerprint density at radius 3 is 1.93 bits per heavy atom. The average Bonchev–Trinajstić information content (AvgIpc) is 2.64. The Labute approximate surface area is 173 Å². The van der Waals surface area contributed by atoms with Crippen LogP contribution in [0.1, 0.15) is 47.8 Å². The highest BCUT2D eigenvalue weighted by molar-refractivity contribution is 7.90. The van der Waals surface area contributed by atoms with Crippen LogP contribution < -0.4 is 5.30 Å². The van der Waals surface area contributed by atoms with Crippen molar-refractivity contribution in [2.24, 2.45) is 5.41 Å². The van der Waals surface area contributed by atoms with Crippen molar-refractivity contribution in [3.05, 3.63) is 76.1 Å². The van der Waals surface area contributed by atoms with Crippen molar-refractivity contribution in [3.63, 3.8) is 0 Å². The fraction of sp³-hybridized carbons (Fsp3) is 0.333. The van der Waals surface area contributed by atoms with Gasteiger partial charge in [0, 0.05) is 16.4 Å². The van der Waals surface area contributed by atoms with Crippen molar-refractivity contribution in [2.75, 3.05) is 7.11 Å².